The van der Waals surface area contributed by atoms with Crippen LogP contribution in [0, 0.1) is 0 Å². The molecular weight excluding hydrogens is 239 g/mol. The number of methoxy groups -OCH3 is 1. The quantitative estimate of drug-likeness (QED) is 0.827. The van der Waals surface area contributed by atoms with Crippen molar-refractivity contribution in [2.24, 2.45) is 0 Å². The Hall–Kier alpha value is -0.820. The number of carboxylic acids is 1. The summed E-state index contributed by atoms with van der Waals surface area (Å²) >= 11 is 0. The number of carboxylic acid groups (broad SMARTS) is 1. The lowest BCUT2D eigenvalue weighted by molar-refractivity contribution is -0.282. The molecule has 0 aliphatic carbocycles. The third-order valence-corrected chi connectivity index (χ3v) is 3.21. The van der Waals surface area contributed by atoms with Crippen molar-refractivity contribution in [2.75, 3.05) is 26.7 Å². The first-order valence-corrected chi connectivity index (χ1v) is 5.37. The molecule has 1 fully saturated rings. The number of rotatable bonds is 4. The topological polar surface area (TPSA) is 49.8 Å². The van der Waals surface area contributed by atoms with Gasteiger partial charge in [0.1, 0.15) is 0 Å². The Kier molecular flexibility index (Phi) is 4.37. The molecule has 0 aromatic rings. The Morgan fingerprint density at radius 1 is 1.41 bits per heavy atom. The highest BCUT2D eigenvalue weighted by atomic mass is 19.4. The van der Waals surface area contributed by atoms with Gasteiger partial charge < -0.3 is 14.7 Å². The molecule has 17 heavy (non-hydrogen) atoms. The minimum Gasteiger partial charge on any atom is -0.481 e. The fraction of sp³-hybridized carbons (Fsp3) is 0.900. The molecule has 0 spiro atoms. The molecule has 7 heteroatoms. The van der Waals surface area contributed by atoms with Crippen LogP contribution in [0.15, 0.2) is 0 Å². The second kappa shape index (κ2) is 5.22. The molecule has 0 amide bonds. The van der Waals surface area contributed by atoms with Gasteiger partial charge in [0.15, 0.2) is 5.60 Å². The lowest BCUT2D eigenvalue weighted by Crippen LogP contribution is -2.54. The number of ether oxygens (including phenoxy) is 1. The predicted octanol–water partition coefficient (Wildman–Crippen LogP) is 1.50. The number of carbonyl (C=O) groups is 1. The summed E-state index contributed by atoms with van der Waals surface area (Å²) in [5.41, 5.74) is -2.06. The van der Waals surface area contributed by atoms with Gasteiger partial charge in [0.05, 0.1) is 6.42 Å². The van der Waals surface area contributed by atoms with E-state index >= 15 is 0 Å². The molecule has 1 heterocycles. The van der Waals surface area contributed by atoms with E-state index in [1.165, 1.54) is 0 Å². The molecule has 1 rings (SSSR count). The second-order valence-corrected chi connectivity index (χ2v) is 4.18. The third kappa shape index (κ3) is 3.32. The van der Waals surface area contributed by atoms with Crippen LogP contribution in [0.4, 0.5) is 13.2 Å². The van der Waals surface area contributed by atoms with E-state index < -0.39 is 17.7 Å². The normalized spacial score (nSPS) is 21.4. The van der Waals surface area contributed by atoms with E-state index in [-0.39, 0.29) is 38.9 Å². The van der Waals surface area contributed by atoms with Crippen LogP contribution in [0.2, 0.25) is 0 Å². The maximum atomic E-state index is 12.8. The Labute approximate surface area is 97.3 Å². The van der Waals surface area contributed by atoms with E-state index in [1.54, 1.807) is 4.90 Å². The van der Waals surface area contributed by atoms with Crippen LogP contribution in [-0.2, 0) is 9.53 Å². The molecule has 100 valence electrons. The van der Waals surface area contributed by atoms with Crippen molar-refractivity contribution < 1.29 is 27.8 Å². The lowest BCUT2D eigenvalue weighted by Gasteiger charge is -2.41. The molecule has 0 radical (unpaired) electrons. The van der Waals surface area contributed by atoms with Crippen LogP contribution in [0.1, 0.15) is 19.3 Å². The first kappa shape index (κ1) is 14.2. The van der Waals surface area contributed by atoms with Gasteiger partial charge in [-0.05, 0) is 12.8 Å². The summed E-state index contributed by atoms with van der Waals surface area (Å²) in [4.78, 5) is 12.1. The van der Waals surface area contributed by atoms with Crippen molar-refractivity contribution in [1.29, 1.82) is 0 Å². The highest BCUT2D eigenvalue weighted by molar-refractivity contribution is 5.66. The van der Waals surface area contributed by atoms with Crippen LogP contribution >= 0.6 is 0 Å². The van der Waals surface area contributed by atoms with Gasteiger partial charge in [-0.1, -0.05) is 0 Å². The molecule has 0 bridgehead atoms. The molecule has 0 aromatic heterocycles. The summed E-state index contributed by atoms with van der Waals surface area (Å²) in [5, 5.41) is 8.49. The Morgan fingerprint density at radius 3 is 2.29 bits per heavy atom. The van der Waals surface area contributed by atoms with Crippen molar-refractivity contribution in [3.05, 3.63) is 0 Å². The smallest absolute Gasteiger partial charge is 0.417 e. The summed E-state index contributed by atoms with van der Waals surface area (Å²) in [6, 6.07) is 0. The Balaban J connectivity index is 2.51. The van der Waals surface area contributed by atoms with Gasteiger partial charge in [0.2, 0.25) is 0 Å². The lowest BCUT2D eigenvalue weighted by atomic mass is 9.90. The zero-order valence-electron chi connectivity index (χ0n) is 9.59. The van der Waals surface area contributed by atoms with Crippen molar-refractivity contribution in [2.45, 2.75) is 31.0 Å². The van der Waals surface area contributed by atoms with Gasteiger partial charge in [-0.15, -0.1) is 0 Å². The maximum absolute atomic E-state index is 12.8. The number of alkyl halides is 3. The molecule has 0 unspecified atom stereocenters. The number of hydrogen-bond acceptors (Lipinski definition) is 3. The SMILES string of the molecule is COC1(C(F)(F)F)CCN(CCC(=O)O)CC1. The van der Waals surface area contributed by atoms with Crippen molar-refractivity contribution in [3.63, 3.8) is 0 Å². The fourth-order valence-electron chi connectivity index (χ4n) is 1.99. The number of piperidine rings is 1. The fourth-order valence-corrected chi connectivity index (χ4v) is 1.99. The van der Waals surface area contributed by atoms with Crippen molar-refractivity contribution >= 4 is 5.97 Å². The third-order valence-electron chi connectivity index (χ3n) is 3.21. The monoisotopic (exact) mass is 255 g/mol. The highest BCUT2D eigenvalue weighted by Crippen LogP contribution is 2.41. The van der Waals surface area contributed by atoms with E-state index in [2.05, 4.69) is 4.74 Å². The number of likely N-dealkylation sites (tertiary alicyclic amines) is 1. The van der Waals surface area contributed by atoms with Gasteiger partial charge in [0.25, 0.3) is 0 Å². The maximum Gasteiger partial charge on any atom is 0.417 e. The van der Waals surface area contributed by atoms with E-state index in [0.29, 0.717) is 0 Å². The van der Waals surface area contributed by atoms with E-state index in [0.717, 1.165) is 7.11 Å². The summed E-state index contributed by atoms with van der Waals surface area (Å²) in [6.07, 6.45) is -4.72. The molecule has 0 saturated carbocycles. The first-order valence-electron chi connectivity index (χ1n) is 5.37. The van der Waals surface area contributed by atoms with Crippen LogP contribution < -0.4 is 0 Å². The molecule has 4 nitrogen and oxygen atoms in total. The summed E-state index contributed by atoms with van der Waals surface area (Å²) in [7, 11) is 1.07. The van der Waals surface area contributed by atoms with E-state index in [9.17, 15) is 18.0 Å². The van der Waals surface area contributed by atoms with Gasteiger partial charge in [-0.2, -0.15) is 13.2 Å². The zero-order chi connectivity index (χ0) is 13.1. The molecule has 0 aromatic carbocycles. The molecule has 0 atom stereocenters. The molecule has 1 aliphatic heterocycles. The predicted molar refractivity (Wildman–Crippen MR) is 53.7 cm³/mol. The van der Waals surface area contributed by atoms with E-state index in [4.69, 9.17) is 5.11 Å². The zero-order valence-corrected chi connectivity index (χ0v) is 9.59. The van der Waals surface area contributed by atoms with Crippen LogP contribution in [-0.4, -0.2) is 54.5 Å². The van der Waals surface area contributed by atoms with Crippen molar-refractivity contribution in [1.82, 2.24) is 4.90 Å². The summed E-state index contributed by atoms with van der Waals surface area (Å²) in [6.45, 7) is 0.703. The number of aliphatic carboxylic acids is 1. The van der Waals surface area contributed by atoms with E-state index in [1.807, 2.05) is 0 Å². The molecule has 1 saturated heterocycles. The van der Waals surface area contributed by atoms with Gasteiger partial charge in [0, 0.05) is 26.7 Å². The average Bonchev–Trinajstić information content (AvgIpc) is 2.25. The average molecular weight is 255 g/mol. The van der Waals surface area contributed by atoms with Crippen LogP contribution in [0.25, 0.3) is 0 Å². The van der Waals surface area contributed by atoms with Crippen LogP contribution in [0.5, 0.6) is 0 Å². The van der Waals surface area contributed by atoms with Gasteiger partial charge >= 0.3 is 12.1 Å². The molecule has 1 N–H and O–H groups in total. The Morgan fingerprint density at radius 2 is 1.94 bits per heavy atom. The molecular formula is C10H16F3NO3. The first-order chi connectivity index (χ1) is 7.81. The second-order valence-electron chi connectivity index (χ2n) is 4.18. The Bertz CT molecular complexity index is 272. The van der Waals surface area contributed by atoms with Gasteiger partial charge in [-0.25, -0.2) is 0 Å². The minimum atomic E-state index is -4.37. The van der Waals surface area contributed by atoms with Crippen molar-refractivity contribution in [3.8, 4) is 0 Å². The standard InChI is InChI=1S/C10H16F3NO3/c1-17-9(10(11,12)13)3-6-14(7-4-9)5-2-8(15)16/h2-7H2,1H3,(H,15,16). The summed E-state index contributed by atoms with van der Waals surface area (Å²) in [5.74, 6) is -0.940. The molecule has 1 aliphatic rings. The summed E-state index contributed by atoms with van der Waals surface area (Å²) < 4.78 is 43.1. The largest absolute Gasteiger partial charge is 0.481 e. The number of halogens is 3. The number of hydrogen-bond donors (Lipinski definition) is 1. The van der Waals surface area contributed by atoms with Gasteiger partial charge in [-0.3, -0.25) is 4.79 Å². The minimum absolute atomic E-state index is 0.0496. The number of nitrogens with zero attached hydrogens (tertiary/aromatic N) is 1. The highest BCUT2D eigenvalue weighted by Gasteiger charge is 2.56. The van der Waals surface area contributed by atoms with Crippen LogP contribution in [0.3, 0.4) is 0 Å².